The summed E-state index contributed by atoms with van der Waals surface area (Å²) in [6, 6.07) is 3.19. The molecule has 0 aliphatic carbocycles. The summed E-state index contributed by atoms with van der Waals surface area (Å²) in [7, 11) is 0. The van der Waals surface area contributed by atoms with E-state index in [1.807, 2.05) is 0 Å². The number of nitrogens with zero attached hydrogens (tertiary/aromatic N) is 2. The molecule has 0 spiro atoms. The van der Waals surface area contributed by atoms with Crippen LogP contribution in [0.3, 0.4) is 0 Å². The predicted octanol–water partition coefficient (Wildman–Crippen LogP) is 1.91. The quantitative estimate of drug-likeness (QED) is 0.862. The highest BCUT2D eigenvalue weighted by atomic mass is 19.2. The van der Waals surface area contributed by atoms with Crippen molar-refractivity contribution in [1.82, 2.24) is 9.78 Å². The number of hydrogen-bond donors (Lipinski definition) is 1. The van der Waals surface area contributed by atoms with Crippen LogP contribution in [0.25, 0.3) is 5.69 Å². The minimum Gasteiger partial charge on any atom is -0.462 e. The lowest BCUT2D eigenvalue weighted by Crippen LogP contribution is -2.09. The van der Waals surface area contributed by atoms with Crippen LogP contribution in [0.15, 0.2) is 24.4 Å². The third-order valence-electron chi connectivity index (χ3n) is 2.45. The van der Waals surface area contributed by atoms with Crippen LogP contribution in [0.4, 0.5) is 14.6 Å². The Kier molecular flexibility index (Phi) is 3.46. The van der Waals surface area contributed by atoms with Gasteiger partial charge in [-0.3, -0.25) is 0 Å². The van der Waals surface area contributed by atoms with Gasteiger partial charge in [0.25, 0.3) is 0 Å². The summed E-state index contributed by atoms with van der Waals surface area (Å²) in [6.07, 6.45) is 1.22. The Balaban J connectivity index is 2.41. The lowest BCUT2D eigenvalue weighted by atomic mass is 10.3. The molecule has 0 saturated carbocycles. The molecular formula is C12H11F2N3O2. The minimum absolute atomic E-state index is 0.00413. The number of carbonyl (C=O) groups excluding carboxylic acids is 1. The van der Waals surface area contributed by atoms with Crippen molar-refractivity contribution in [2.24, 2.45) is 0 Å². The van der Waals surface area contributed by atoms with Crippen LogP contribution in [-0.2, 0) is 4.74 Å². The number of benzene rings is 1. The number of anilines is 1. The maximum Gasteiger partial charge on any atom is 0.343 e. The Hall–Kier alpha value is -2.44. The van der Waals surface area contributed by atoms with E-state index in [1.54, 1.807) is 6.92 Å². The number of rotatable bonds is 3. The number of hydrogen-bond acceptors (Lipinski definition) is 4. The van der Waals surface area contributed by atoms with Gasteiger partial charge in [-0.05, 0) is 19.1 Å². The van der Waals surface area contributed by atoms with E-state index in [0.717, 1.165) is 16.8 Å². The van der Waals surface area contributed by atoms with Gasteiger partial charge >= 0.3 is 5.97 Å². The first-order valence-electron chi connectivity index (χ1n) is 5.50. The van der Waals surface area contributed by atoms with Gasteiger partial charge < -0.3 is 10.5 Å². The smallest absolute Gasteiger partial charge is 0.343 e. The second-order valence-corrected chi connectivity index (χ2v) is 3.67. The van der Waals surface area contributed by atoms with Crippen LogP contribution in [0.1, 0.15) is 17.3 Å². The van der Waals surface area contributed by atoms with Crippen LogP contribution in [0.5, 0.6) is 0 Å². The Bertz CT molecular complexity index is 625. The van der Waals surface area contributed by atoms with E-state index in [4.69, 9.17) is 10.5 Å². The molecule has 1 heterocycles. The van der Waals surface area contributed by atoms with Crippen molar-refractivity contribution < 1.29 is 18.3 Å². The van der Waals surface area contributed by atoms with Crippen LogP contribution >= 0.6 is 0 Å². The largest absolute Gasteiger partial charge is 0.462 e. The lowest BCUT2D eigenvalue weighted by Gasteiger charge is -2.05. The van der Waals surface area contributed by atoms with E-state index in [9.17, 15) is 13.6 Å². The summed E-state index contributed by atoms with van der Waals surface area (Å²) >= 11 is 0. The van der Waals surface area contributed by atoms with Gasteiger partial charge in [-0.2, -0.15) is 5.10 Å². The van der Waals surface area contributed by atoms with Crippen molar-refractivity contribution in [3.63, 3.8) is 0 Å². The van der Waals surface area contributed by atoms with Gasteiger partial charge in [-0.1, -0.05) is 0 Å². The fraction of sp³-hybridized carbons (Fsp3) is 0.167. The van der Waals surface area contributed by atoms with E-state index in [-0.39, 0.29) is 23.7 Å². The van der Waals surface area contributed by atoms with Gasteiger partial charge in [0.05, 0.1) is 18.5 Å². The third kappa shape index (κ3) is 2.40. The van der Waals surface area contributed by atoms with Gasteiger partial charge in [0, 0.05) is 6.07 Å². The number of carbonyl (C=O) groups is 1. The fourth-order valence-corrected chi connectivity index (χ4v) is 1.55. The maximum absolute atomic E-state index is 13.1. The van der Waals surface area contributed by atoms with E-state index >= 15 is 0 Å². The first-order valence-corrected chi connectivity index (χ1v) is 5.50. The van der Waals surface area contributed by atoms with E-state index in [0.29, 0.717) is 0 Å². The second kappa shape index (κ2) is 5.05. The van der Waals surface area contributed by atoms with Gasteiger partial charge in [-0.15, -0.1) is 0 Å². The molecule has 19 heavy (non-hydrogen) atoms. The van der Waals surface area contributed by atoms with Crippen molar-refractivity contribution in [1.29, 1.82) is 0 Å². The summed E-state index contributed by atoms with van der Waals surface area (Å²) in [4.78, 5) is 11.5. The third-order valence-corrected chi connectivity index (χ3v) is 2.45. The molecule has 0 aliphatic heterocycles. The molecule has 100 valence electrons. The molecule has 0 amide bonds. The maximum atomic E-state index is 13.1. The zero-order chi connectivity index (χ0) is 14.0. The Morgan fingerprint density at radius 1 is 1.42 bits per heavy atom. The van der Waals surface area contributed by atoms with Crippen LogP contribution in [0, 0.1) is 11.6 Å². The molecule has 2 aromatic rings. The number of ether oxygens (including phenoxy) is 1. The van der Waals surface area contributed by atoms with Crippen molar-refractivity contribution in [2.45, 2.75) is 6.92 Å². The molecule has 0 aliphatic rings. The number of halogens is 2. The van der Waals surface area contributed by atoms with Gasteiger partial charge in [0.2, 0.25) is 0 Å². The zero-order valence-corrected chi connectivity index (χ0v) is 10.1. The van der Waals surface area contributed by atoms with Gasteiger partial charge in [0.1, 0.15) is 11.4 Å². The lowest BCUT2D eigenvalue weighted by molar-refractivity contribution is 0.0527. The average molecular weight is 267 g/mol. The predicted molar refractivity (Wildman–Crippen MR) is 63.8 cm³/mol. The highest BCUT2D eigenvalue weighted by Crippen LogP contribution is 2.19. The number of aromatic nitrogens is 2. The monoisotopic (exact) mass is 267 g/mol. The second-order valence-electron chi connectivity index (χ2n) is 3.67. The van der Waals surface area contributed by atoms with E-state index in [1.165, 1.54) is 12.3 Å². The van der Waals surface area contributed by atoms with Crippen LogP contribution in [-0.4, -0.2) is 22.4 Å². The first kappa shape index (κ1) is 13.0. The number of nitrogens with two attached hydrogens (primary N) is 1. The molecule has 0 unspecified atom stereocenters. The molecule has 5 nitrogen and oxygen atoms in total. The Labute approximate surface area is 107 Å². The molecule has 2 rings (SSSR count). The summed E-state index contributed by atoms with van der Waals surface area (Å²) < 4.78 is 31.9. The highest BCUT2D eigenvalue weighted by molar-refractivity contribution is 5.94. The fourth-order valence-electron chi connectivity index (χ4n) is 1.55. The minimum atomic E-state index is -1.02. The molecular weight excluding hydrogens is 256 g/mol. The molecule has 2 N–H and O–H groups in total. The van der Waals surface area contributed by atoms with Gasteiger partial charge in [0.15, 0.2) is 11.6 Å². The average Bonchev–Trinajstić information content (AvgIpc) is 2.75. The SMILES string of the molecule is CCOC(=O)c1cnn(-c2ccc(F)c(F)c2)c1N. The molecule has 0 atom stereocenters. The molecule has 1 aromatic carbocycles. The molecule has 0 fully saturated rings. The van der Waals surface area contributed by atoms with Crippen molar-refractivity contribution in [3.8, 4) is 5.69 Å². The van der Waals surface area contributed by atoms with Crippen molar-refractivity contribution in [2.75, 3.05) is 12.3 Å². The summed E-state index contributed by atoms with van der Waals surface area (Å²) in [5.74, 6) is -2.61. The number of nitrogen functional groups attached to an aromatic ring is 1. The summed E-state index contributed by atoms with van der Waals surface area (Å²) in [5.41, 5.74) is 6.03. The number of esters is 1. The van der Waals surface area contributed by atoms with E-state index in [2.05, 4.69) is 5.10 Å². The zero-order valence-electron chi connectivity index (χ0n) is 10.1. The molecule has 0 radical (unpaired) electrons. The molecule has 0 bridgehead atoms. The van der Waals surface area contributed by atoms with Crippen molar-refractivity contribution >= 4 is 11.8 Å². The Morgan fingerprint density at radius 2 is 2.16 bits per heavy atom. The topological polar surface area (TPSA) is 70.1 Å². The molecule has 7 heteroatoms. The summed E-state index contributed by atoms with van der Waals surface area (Å²) in [6.45, 7) is 1.86. The normalized spacial score (nSPS) is 10.5. The van der Waals surface area contributed by atoms with Gasteiger partial charge in [-0.25, -0.2) is 18.3 Å². The highest BCUT2D eigenvalue weighted by Gasteiger charge is 2.17. The first-order chi connectivity index (χ1) is 9.04. The Morgan fingerprint density at radius 3 is 2.79 bits per heavy atom. The standard InChI is InChI=1S/C12H11F2N3O2/c1-2-19-12(18)8-6-16-17(11(8)15)7-3-4-9(13)10(14)5-7/h3-6H,2,15H2,1H3. The van der Waals surface area contributed by atoms with Crippen molar-refractivity contribution in [3.05, 3.63) is 41.6 Å². The van der Waals surface area contributed by atoms with E-state index < -0.39 is 17.6 Å². The van der Waals surface area contributed by atoms with Crippen LogP contribution < -0.4 is 5.73 Å². The molecule has 1 aromatic heterocycles. The van der Waals surface area contributed by atoms with Crippen LogP contribution in [0.2, 0.25) is 0 Å². The summed E-state index contributed by atoms with van der Waals surface area (Å²) in [5, 5.41) is 3.86. The molecule has 0 saturated heterocycles.